The Hall–Kier alpha value is -0.120. The number of morpholine rings is 1. The van der Waals surface area contributed by atoms with Gasteiger partial charge in [-0.25, -0.2) is 0 Å². The van der Waals surface area contributed by atoms with Gasteiger partial charge in [0.15, 0.2) is 0 Å². The molecule has 1 saturated heterocycles. The maximum Gasteiger partial charge on any atom is 0.0594 e. The first kappa shape index (κ1) is 8.97. The van der Waals surface area contributed by atoms with Gasteiger partial charge in [0.05, 0.1) is 13.2 Å². The van der Waals surface area contributed by atoms with E-state index < -0.39 is 0 Å². The molecule has 0 bridgehead atoms. The molecule has 0 aromatic rings. The minimum absolute atomic E-state index is 0.289. The van der Waals surface area contributed by atoms with Crippen LogP contribution in [0.25, 0.3) is 0 Å². The summed E-state index contributed by atoms with van der Waals surface area (Å²) in [5, 5.41) is 8.81. The molecule has 1 atom stereocenters. The Morgan fingerprint density at radius 1 is 1.45 bits per heavy atom. The average Bonchev–Trinajstić information content (AvgIpc) is 2.06. The first-order valence-corrected chi connectivity index (χ1v) is 4.24. The van der Waals surface area contributed by atoms with Crippen LogP contribution >= 0.6 is 0 Å². The van der Waals surface area contributed by atoms with Gasteiger partial charge in [0.25, 0.3) is 0 Å². The predicted octanol–water partition coefficient (Wildman–Crippen LogP) is -0.0530. The van der Waals surface area contributed by atoms with E-state index in [1.807, 2.05) is 0 Å². The Morgan fingerprint density at radius 2 is 2.09 bits per heavy atom. The maximum absolute atomic E-state index is 8.81. The fourth-order valence-corrected chi connectivity index (χ4v) is 1.28. The second-order valence-electron chi connectivity index (χ2n) is 3.20. The Kier molecular flexibility index (Phi) is 3.83. The molecule has 11 heavy (non-hydrogen) atoms. The van der Waals surface area contributed by atoms with Gasteiger partial charge >= 0.3 is 0 Å². The zero-order chi connectivity index (χ0) is 8.10. The number of aliphatic hydroxyl groups excluding tert-OH is 1. The lowest BCUT2D eigenvalue weighted by Crippen LogP contribution is -2.39. The van der Waals surface area contributed by atoms with Gasteiger partial charge < -0.3 is 9.84 Å². The number of hydrogen-bond donors (Lipinski definition) is 1. The van der Waals surface area contributed by atoms with Crippen molar-refractivity contribution in [2.75, 3.05) is 39.5 Å². The third kappa shape index (κ3) is 3.18. The molecule has 0 saturated carbocycles. The number of hydrogen-bond acceptors (Lipinski definition) is 3. The van der Waals surface area contributed by atoms with Gasteiger partial charge in [-0.15, -0.1) is 0 Å². The summed E-state index contributed by atoms with van der Waals surface area (Å²) in [4.78, 5) is 2.34. The normalized spacial score (nSPS) is 23.5. The van der Waals surface area contributed by atoms with Gasteiger partial charge in [0, 0.05) is 26.2 Å². The topological polar surface area (TPSA) is 32.7 Å². The molecule has 0 aromatic carbocycles. The van der Waals surface area contributed by atoms with E-state index in [4.69, 9.17) is 9.84 Å². The molecule has 1 unspecified atom stereocenters. The highest BCUT2D eigenvalue weighted by molar-refractivity contribution is 4.64. The quantitative estimate of drug-likeness (QED) is 0.626. The number of nitrogens with zero attached hydrogens (tertiary/aromatic N) is 1. The van der Waals surface area contributed by atoms with E-state index in [9.17, 15) is 0 Å². The maximum atomic E-state index is 8.81. The summed E-state index contributed by atoms with van der Waals surface area (Å²) >= 11 is 0. The lowest BCUT2D eigenvalue weighted by molar-refractivity contribution is 0.0273. The zero-order valence-corrected chi connectivity index (χ0v) is 7.12. The molecular weight excluding hydrogens is 142 g/mol. The monoisotopic (exact) mass is 159 g/mol. The number of ether oxygens (including phenoxy) is 1. The molecule has 0 amide bonds. The molecule has 3 heteroatoms. The van der Waals surface area contributed by atoms with Crippen molar-refractivity contribution in [3.63, 3.8) is 0 Å². The van der Waals surface area contributed by atoms with E-state index in [0.717, 1.165) is 32.8 Å². The van der Waals surface area contributed by atoms with Crippen molar-refractivity contribution in [3.05, 3.63) is 0 Å². The lowest BCUT2D eigenvalue weighted by atomic mass is 10.2. The van der Waals surface area contributed by atoms with Crippen LogP contribution in [0, 0.1) is 5.92 Å². The summed E-state index contributed by atoms with van der Waals surface area (Å²) in [6, 6.07) is 0. The van der Waals surface area contributed by atoms with Gasteiger partial charge in [0.1, 0.15) is 0 Å². The second-order valence-corrected chi connectivity index (χ2v) is 3.20. The minimum Gasteiger partial charge on any atom is -0.396 e. The first-order valence-electron chi connectivity index (χ1n) is 4.24. The third-order valence-electron chi connectivity index (χ3n) is 1.99. The number of aliphatic hydroxyl groups is 1. The van der Waals surface area contributed by atoms with Crippen molar-refractivity contribution in [1.29, 1.82) is 0 Å². The second kappa shape index (κ2) is 4.70. The number of rotatable bonds is 3. The fraction of sp³-hybridized carbons (Fsp3) is 1.00. The van der Waals surface area contributed by atoms with Gasteiger partial charge in [-0.2, -0.15) is 0 Å². The molecule has 1 aliphatic rings. The van der Waals surface area contributed by atoms with Crippen LogP contribution in [0.4, 0.5) is 0 Å². The summed E-state index contributed by atoms with van der Waals surface area (Å²) in [6.45, 7) is 7.08. The van der Waals surface area contributed by atoms with Crippen LogP contribution in [0.1, 0.15) is 6.92 Å². The fourth-order valence-electron chi connectivity index (χ4n) is 1.28. The van der Waals surface area contributed by atoms with Crippen LogP contribution in [0.2, 0.25) is 0 Å². The van der Waals surface area contributed by atoms with E-state index in [1.54, 1.807) is 0 Å². The Morgan fingerprint density at radius 3 is 2.64 bits per heavy atom. The van der Waals surface area contributed by atoms with Crippen LogP contribution in [-0.2, 0) is 4.74 Å². The molecule has 1 N–H and O–H groups in total. The van der Waals surface area contributed by atoms with E-state index in [0.29, 0.717) is 5.92 Å². The van der Waals surface area contributed by atoms with Crippen LogP contribution in [0.5, 0.6) is 0 Å². The van der Waals surface area contributed by atoms with Crippen molar-refractivity contribution in [2.24, 2.45) is 5.92 Å². The van der Waals surface area contributed by atoms with Crippen molar-refractivity contribution in [1.82, 2.24) is 4.90 Å². The highest BCUT2D eigenvalue weighted by Gasteiger charge is 2.12. The first-order chi connectivity index (χ1) is 5.33. The van der Waals surface area contributed by atoms with Crippen LogP contribution < -0.4 is 0 Å². The van der Waals surface area contributed by atoms with Gasteiger partial charge in [0.2, 0.25) is 0 Å². The molecule has 0 spiro atoms. The van der Waals surface area contributed by atoms with Crippen LogP contribution in [0.15, 0.2) is 0 Å². The zero-order valence-electron chi connectivity index (χ0n) is 7.12. The summed E-state index contributed by atoms with van der Waals surface area (Å²) in [5.41, 5.74) is 0. The van der Waals surface area contributed by atoms with Crippen molar-refractivity contribution in [3.8, 4) is 0 Å². The largest absolute Gasteiger partial charge is 0.396 e. The Balaban J connectivity index is 2.13. The molecule has 0 radical (unpaired) electrons. The highest BCUT2D eigenvalue weighted by atomic mass is 16.5. The molecule has 66 valence electrons. The van der Waals surface area contributed by atoms with Gasteiger partial charge in [-0.3, -0.25) is 4.90 Å². The average molecular weight is 159 g/mol. The highest BCUT2D eigenvalue weighted by Crippen LogP contribution is 2.01. The lowest BCUT2D eigenvalue weighted by Gasteiger charge is -2.28. The smallest absolute Gasteiger partial charge is 0.0594 e. The summed E-state index contributed by atoms with van der Waals surface area (Å²) < 4.78 is 5.21. The third-order valence-corrected chi connectivity index (χ3v) is 1.99. The van der Waals surface area contributed by atoms with E-state index in [2.05, 4.69) is 11.8 Å². The summed E-state index contributed by atoms with van der Waals surface area (Å²) in [6.07, 6.45) is 0. The molecule has 1 fully saturated rings. The van der Waals surface area contributed by atoms with Crippen molar-refractivity contribution in [2.45, 2.75) is 6.92 Å². The Labute approximate surface area is 68.0 Å². The van der Waals surface area contributed by atoms with Crippen molar-refractivity contribution >= 4 is 0 Å². The summed E-state index contributed by atoms with van der Waals surface area (Å²) in [5.74, 6) is 0.396. The molecule has 1 rings (SSSR count). The van der Waals surface area contributed by atoms with Crippen LogP contribution in [0.3, 0.4) is 0 Å². The van der Waals surface area contributed by atoms with E-state index in [-0.39, 0.29) is 6.61 Å². The van der Waals surface area contributed by atoms with Gasteiger partial charge in [-0.05, 0) is 5.92 Å². The minimum atomic E-state index is 0.289. The van der Waals surface area contributed by atoms with Gasteiger partial charge in [-0.1, -0.05) is 6.92 Å². The SMILES string of the molecule is CC(CO)CN1CCOCC1. The molecular formula is C8H17NO2. The predicted molar refractivity (Wildman–Crippen MR) is 43.5 cm³/mol. The Bertz CT molecular complexity index is 102. The molecule has 0 aromatic heterocycles. The van der Waals surface area contributed by atoms with Crippen LogP contribution in [-0.4, -0.2) is 49.5 Å². The van der Waals surface area contributed by atoms with E-state index in [1.165, 1.54) is 0 Å². The van der Waals surface area contributed by atoms with E-state index >= 15 is 0 Å². The van der Waals surface area contributed by atoms with Crippen molar-refractivity contribution < 1.29 is 9.84 Å². The molecule has 1 aliphatic heterocycles. The molecule has 3 nitrogen and oxygen atoms in total. The standard InChI is InChI=1S/C8H17NO2/c1-8(7-10)6-9-2-4-11-5-3-9/h8,10H,2-7H2,1H3. The molecule has 0 aliphatic carbocycles. The molecule has 1 heterocycles. The summed E-state index contributed by atoms with van der Waals surface area (Å²) in [7, 11) is 0.